The third kappa shape index (κ3) is 5.74. The van der Waals surface area contributed by atoms with Gasteiger partial charge in [0, 0.05) is 18.3 Å². The van der Waals surface area contributed by atoms with Crippen LogP contribution >= 0.6 is 0 Å². The van der Waals surface area contributed by atoms with E-state index in [-0.39, 0.29) is 16.7 Å². The summed E-state index contributed by atoms with van der Waals surface area (Å²) in [5.74, 6) is -0.250. The molecule has 0 heterocycles. The van der Waals surface area contributed by atoms with Crippen molar-refractivity contribution in [2.45, 2.75) is 37.2 Å². The van der Waals surface area contributed by atoms with Gasteiger partial charge in [0.05, 0.1) is 10.6 Å². The van der Waals surface area contributed by atoms with Gasteiger partial charge in [-0.3, -0.25) is 0 Å². The zero-order valence-corrected chi connectivity index (χ0v) is 14.0. The molecule has 6 nitrogen and oxygen atoms in total. The summed E-state index contributed by atoms with van der Waals surface area (Å²) in [6.45, 7) is 3.43. The number of rotatable bonds is 7. The van der Waals surface area contributed by atoms with Gasteiger partial charge in [0.1, 0.15) is 9.84 Å². The lowest BCUT2D eigenvalue weighted by molar-refractivity contribution is 0.564. The van der Waals surface area contributed by atoms with Crippen LogP contribution in [-0.4, -0.2) is 34.9 Å². The lowest BCUT2D eigenvalue weighted by atomic mass is 10.1. The van der Waals surface area contributed by atoms with E-state index in [0.717, 1.165) is 11.8 Å². The maximum absolute atomic E-state index is 12.2. The Bertz CT molecular complexity index is 684. The summed E-state index contributed by atoms with van der Waals surface area (Å²) in [6, 6.07) is 5.45. The van der Waals surface area contributed by atoms with Crippen molar-refractivity contribution in [1.29, 1.82) is 0 Å². The minimum Gasteiger partial charge on any atom is -0.324 e. The highest BCUT2D eigenvalue weighted by molar-refractivity contribution is 7.91. The van der Waals surface area contributed by atoms with Crippen molar-refractivity contribution >= 4 is 19.9 Å². The Hall–Kier alpha value is -0.960. The van der Waals surface area contributed by atoms with Crippen LogP contribution in [0.4, 0.5) is 0 Å². The van der Waals surface area contributed by atoms with Crippen LogP contribution in [0.2, 0.25) is 0 Å². The highest BCUT2D eigenvalue weighted by atomic mass is 32.2. The first-order valence-electron chi connectivity index (χ1n) is 6.60. The van der Waals surface area contributed by atoms with Crippen LogP contribution in [0.15, 0.2) is 29.2 Å². The molecule has 0 aliphatic heterocycles. The Kier molecular flexibility index (Phi) is 5.92. The fourth-order valence-electron chi connectivity index (χ4n) is 1.97. The minimum absolute atomic E-state index is 0.0873. The predicted octanol–water partition coefficient (Wildman–Crippen LogP) is 0.808. The molecule has 0 bridgehead atoms. The van der Waals surface area contributed by atoms with Crippen LogP contribution in [0.5, 0.6) is 0 Å². The number of sulfonamides is 1. The van der Waals surface area contributed by atoms with Gasteiger partial charge in [-0.1, -0.05) is 19.1 Å². The molecule has 1 aromatic carbocycles. The van der Waals surface area contributed by atoms with Gasteiger partial charge in [-0.25, -0.2) is 21.6 Å². The molecule has 8 heteroatoms. The molecule has 2 atom stereocenters. The van der Waals surface area contributed by atoms with E-state index in [4.69, 9.17) is 5.73 Å². The second-order valence-corrected chi connectivity index (χ2v) is 9.10. The third-order valence-electron chi connectivity index (χ3n) is 2.95. The van der Waals surface area contributed by atoms with Gasteiger partial charge < -0.3 is 5.73 Å². The van der Waals surface area contributed by atoms with Crippen LogP contribution in [0, 0.1) is 0 Å². The van der Waals surface area contributed by atoms with Crippen LogP contribution in [0.25, 0.3) is 0 Å². The van der Waals surface area contributed by atoms with Gasteiger partial charge in [0.15, 0.2) is 0 Å². The van der Waals surface area contributed by atoms with E-state index in [2.05, 4.69) is 4.72 Å². The standard InChI is InChI=1S/C13H22N2O4S2/c1-4-13(14)11-6-5-7-12(8-11)21(18,19)15-10(2)9-20(3,16)17/h5-8,10,13,15H,4,9,14H2,1-3H3. The highest BCUT2D eigenvalue weighted by Crippen LogP contribution is 2.18. The molecule has 0 saturated heterocycles. The molecule has 21 heavy (non-hydrogen) atoms. The molecule has 2 unspecified atom stereocenters. The topological polar surface area (TPSA) is 106 Å². The number of benzene rings is 1. The summed E-state index contributed by atoms with van der Waals surface area (Å²) in [5.41, 5.74) is 6.63. The SMILES string of the molecule is CCC(N)c1cccc(S(=O)(=O)NC(C)CS(C)(=O)=O)c1. The lowest BCUT2D eigenvalue weighted by Gasteiger charge is -2.15. The van der Waals surface area contributed by atoms with Crippen LogP contribution in [-0.2, 0) is 19.9 Å². The maximum atomic E-state index is 12.2. The Labute approximate surface area is 126 Å². The second-order valence-electron chi connectivity index (χ2n) is 5.20. The third-order valence-corrected chi connectivity index (χ3v) is 5.64. The second kappa shape index (κ2) is 6.87. The molecule has 0 spiro atoms. The number of nitrogens with one attached hydrogen (secondary N) is 1. The maximum Gasteiger partial charge on any atom is 0.240 e. The van der Waals surface area contributed by atoms with Crippen LogP contribution in [0.1, 0.15) is 31.9 Å². The first kappa shape index (κ1) is 18.1. The highest BCUT2D eigenvalue weighted by Gasteiger charge is 2.20. The van der Waals surface area contributed by atoms with E-state index in [1.807, 2.05) is 6.92 Å². The lowest BCUT2D eigenvalue weighted by Crippen LogP contribution is -2.37. The Morgan fingerprint density at radius 2 is 1.86 bits per heavy atom. The number of sulfone groups is 1. The van der Waals surface area contributed by atoms with Crippen molar-refractivity contribution in [3.8, 4) is 0 Å². The summed E-state index contributed by atoms with van der Waals surface area (Å²) in [4.78, 5) is 0.0873. The molecule has 1 aromatic rings. The van der Waals surface area contributed by atoms with Gasteiger partial charge in [0.25, 0.3) is 0 Å². The van der Waals surface area contributed by atoms with E-state index in [9.17, 15) is 16.8 Å². The quantitative estimate of drug-likeness (QED) is 0.767. The predicted molar refractivity (Wildman–Crippen MR) is 83.2 cm³/mol. The number of nitrogens with two attached hydrogens (primary N) is 1. The Morgan fingerprint density at radius 3 is 2.38 bits per heavy atom. The summed E-state index contributed by atoms with van der Waals surface area (Å²) in [6.07, 6.45) is 1.76. The van der Waals surface area contributed by atoms with Gasteiger partial charge >= 0.3 is 0 Å². The van der Waals surface area contributed by atoms with Crippen LogP contribution in [0.3, 0.4) is 0 Å². The number of hydrogen-bond donors (Lipinski definition) is 2. The van der Waals surface area contributed by atoms with Crippen molar-refractivity contribution in [3.05, 3.63) is 29.8 Å². The molecule has 0 aliphatic carbocycles. The minimum atomic E-state index is -3.77. The molecule has 0 fully saturated rings. The Balaban J connectivity index is 2.98. The van der Waals surface area contributed by atoms with Crippen molar-refractivity contribution in [3.63, 3.8) is 0 Å². The average Bonchev–Trinajstić information content (AvgIpc) is 2.35. The molecule has 0 aromatic heterocycles. The van der Waals surface area contributed by atoms with E-state index in [1.54, 1.807) is 12.1 Å². The zero-order chi connectivity index (χ0) is 16.3. The molecule has 0 saturated carbocycles. The molecule has 0 aliphatic rings. The van der Waals surface area contributed by atoms with Crippen molar-refractivity contribution in [2.24, 2.45) is 5.73 Å². The van der Waals surface area contributed by atoms with Gasteiger partial charge in [0.2, 0.25) is 10.0 Å². The smallest absolute Gasteiger partial charge is 0.240 e. The fourth-order valence-corrected chi connectivity index (χ4v) is 4.36. The largest absolute Gasteiger partial charge is 0.324 e. The molecule has 0 amide bonds. The van der Waals surface area contributed by atoms with Gasteiger partial charge in [-0.2, -0.15) is 0 Å². The molecular formula is C13H22N2O4S2. The normalized spacial score (nSPS) is 15.6. The van der Waals surface area contributed by atoms with E-state index in [1.165, 1.54) is 19.1 Å². The molecule has 120 valence electrons. The summed E-state index contributed by atoms with van der Waals surface area (Å²) in [7, 11) is -7.02. The van der Waals surface area contributed by atoms with E-state index < -0.39 is 25.9 Å². The summed E-state index contributed by atoms with van der Waals surface area (Å²) >= 11 is 0. The first-order chi connectivity index (χ1) is 9.55. The van der Waals surface area contributed by atoms with Crippen molar-refractivity contribution in [1.82, 2.24) is 4.72 Å². The van der Waals surface area contributed by atoms with Crippen molar-refractivity contribution in [2.75, 3.05) is 12.0 Å². The van der Waals surface area contributed by atoms with E-state index >= 15 is 0 Å². The Morgan fingerprint density at radius 1 is 1.24 bits per heavy atom. The van der Waals surface area contributed by atoms with E-state index in [0.29, 0.717) is 6.42 Å². The zero-order valence-electron chi connectivity index (χ0n) is 12.4. The fraction of sp³-hybridized carbons (Fsp3) is 0.538. The molecule has 1 rings (SSSR count). The summed E-state index contributed by atoms with van der Waals surface area (Å²) < 4.78 is 49.2. The molecular weight excluding hydrogens is 312 g/mol. The molecule has 3 N–H and O–H groups in total. The summed E-state index contributed by atoms with van der Waals surface area (Å²) in [5, 5.41) is 0. The van der Waals surface area contributed by atoms with Gasteiger partial charge in [-0.05, 0) is 31.0 Å². The van der Waals surface area contributed by atoms with Gasteiger partial charge in [-0.15, -0.1) is 0 Å². The van der Waals surface area contributed by atoms with Crippen molar-refractivity contribution < 1.29 is 16.8 Å². The van der Waals surface area contributed by atoms with Crippen LogP contribution < -0.4 is 10.5 Å². The monoisotopic (exact) mass is 334 g/mol. The molecule has 0 radical (unpaired) electrons. The average molecular weight is 334 g/mol. The first-order valence-corrected chi connectivity index (χ1v) is 10.1. The number of hydrogen-bond acceptors (Lipinski definition) is 5.